The van der Waals surface area contributed by atoms with Gasteiger partial charge in [0.1, 0.15) is 11.4 Å². The predicted molar refractivity (Wildman–Crippen MR) is 104 cm³/mol. The lowest BCUT2D eigenvalue weighted by molar-refractivity contribution is -0.121. The average molecular weight is 398 g/mol. The zero-order valence-electron chi connectivity index (χ0n) is 15.1. The molecule has 0 bridgehead atoms. The second-order valence-corrected chi connectivity index (χ2v) is 6.79. The van der Waals surface area contributed by atoms with Crippen LogP contribution in [0.5, 0.6) is 5.75 Å². The molecule has 2 heterocycles. The molecule has 8 heteroatoms. The number of rotatable bonds is 4. The van der Waals surface area contributed by atoms with Crippen LogP contribution in [0.3, 0.4) is 0 Å². The number of halogens is 1. The molecule has 2 aromatic carbocycles. The van der Waals surface area contributed by atoms with Gasteiger partial charge >= 0.3 is 0 Å². The maximum Gasteiger partial charge on any atom is 0.266 e. The van der Waals surface area contributed by atoms with Gasteiger partial charge in [-0.15, -0.1) is 0 Å². The van der Waals surface area contributed by atoms with Gasteiger partial charge in [0, 0.05) is 11.9 Å². The molecule has 2 aliphatic rings. The fraction of sp³-hybridized carbons (Fsp3) is 0.150. The summed E-state index contributed by atoms with van der Waals surface area (Å²) in [6, 6.07) is 12.5. The van der Waals surface area contributed by atoms with Crippen LogP contribution < -0.4 is 20.1 Å². The number of imide groups is 1. The Morgan fingerprint density at radius 3 is 2.43 bits per heavy atom. The molecule has 0 aromatic heterocycles. The van der Waals surface area contributed by atoms with E-state index in [2.05, 4.69) is 5.43 Å². The number of hydrogen-bond acceptors (Lipinski definition) is 6. The van der Waals surface area contributed by atoms with Crippen molar-refractivity contribution in [2.45, 2.75) is 13.0 Å². The number of benzene rings is 2. The van der Waals surface area contributed by atoms with Crippen LogP contribution in [0, 0.1) is 0 Å². The minimum absolute atomic E-state index is 0.107. The zero-order chi connectivity index (χ0) is 20.0. The number of ether oxygens (including phenoxy) is 1. The van der Waals surface area contributed by atoms with Crippen LogP contribution >= 0.6 is 11.6 Å². The number of para-hydroxylation sites is 2. The summed E-state index contributed by atoms with van der Waals surface area (Å²) in [5.41, 5.74) is 4.08. The summed E-state index contributed by atoms with van der Waals surface area (Å²) < 4.78 is 5.30. The van der Waals surface area contributed by atoms with Crippen molar-refractivity contribution < 1.29 is 19.1 Å². The van der Waals surface area contributed by atoms with Gasteiger partial charge in [0.2, 0.25) is 0 Å². The third kappa shape index (κ3) is 2.63. The maximum absolute atomic E-state index is 13.3. The number of nitrogens with zero attached hydrogens (tertiary/aromatic N) is 2. The molecular weight excluding hydrogens is 382 g/mol. The van der Waals surface area contributed by atoms with E-state index in [1.165, 1.54) is 19.0 Å². The van der Waals surface area contributed by atoms with Gasteiger partial charge < -0.3 is 4.74 Å². The smallest absolute Gasteiger partial charge is 0.266 e. The number of hydrazine groups is 1. The minimum atomic E-state index is -0.961. The lowest BCUT2D eigenvalue weighted by atomic mass is 10.1. The van der Waals surface area contributed by atoms with Crippen molar-refractivity contribution in [3.63, 3.8) is 0 Å². The third-order valence-corrected chi connectivity index (χ3v) is 4.96. The number of carbonyl (C=O) groups excluding carboxylic acids is 3. The molecule has 2 amide bonds. The number of ketones is 1. The first kappa shape index (κ1) is 18.1. The van der Waals surface area contributed by atoms with E-state index >= 15 is 0 Å². The molecule has 1 atom stereocenters. The van der Waals surface area contributed by atoms with Crippen molar-refractivity contribution in [1.82, 2.24) is 5.43 Å². The SMILES string of the molecule is COc1ccccc1N1C(=O)C2=C(C(C)=O)NN(c3ccc(Cl)cc3)C2C1=O. The first-order valence-electron chi connectivity index (χ1n) is 8.52. The van der Waals surface area contributed by atoms with Crippen molar-refractivity contribution in [2.75, 3.05) is 17.0 Å². The molecule has 2 aromatic rings. The third-order valence-electron chi connectivity index (χ3n) is 4.70. The second-order valence-electron chi connectivity index (χ2n) is 6.36. The molecular formula is C20H16ClN3O4. The Morgan fingerprint density at radius 2 is 1.79 bits per heavy atom. The molecule has 0 radical (unpaired) electrons. The largest absolute Gasteiger partial charge is 0.495 e. The zero-order valence-corrected chi connectivity index (χ0v) is 15.9. The van der Waals surface area contributed by atoms with E-state index in [4.69, 9.17) is 16.3 Å². The summed E-state index contributed by atoms with van der Waals surface area (Å²) in [7, 11) is 1.46. The van der Waals surface area contributed by atoms with Crippen LogP contribution in [-0.4, -0.2) is 30.7 Å². The molecule has 4 rings (SSSR count). The highest BCUT2D eigenvalue weighted by atomic mass is 35.5. The number of methoxy groups -OCH3 is 1. The number of fused-ring (bicyclic) bond motifs is 1. The molecule has 0 spiro atoms. The number of Topliss-reactive ketones (excluding diaryl/α,β-unsaturated/α-hetero) is 1. The Morgan fingerprint density at radius 1 is 1.11 bits per heavy atom. The highest BCUT2D eigenvalue weighted by Gasteiger charge is 2.54. The molecule has 0 saturated carbocycles. The summed E-state index contributed by atoms with van der Waals surface area (Å²) in [6.45, 7) is 1.35. The lowest BCUT2D eigenvalue weighted by Crippen LogP contribution is -2.46. The van der Waals surface area contributed by atoms with Gasteiger partial charge in [-0.05, 0) is 36.4 Å². The number of allylic oxidation sites excluding steroid dienone is 1. The second kappa shape index (κ2) is 6.69. The molecule has 0 aliphatic carbocycles. The fourth-order valence-electron chi connectivity index (χ4n) is 3.44. The fourth-order valence-corrected chi connectivity index (χ4v) is 3.56. The molecule has 142 valence electrons. The first-order chi connectivity index (χ1) is 13.4. The number of carbonyl (C=O) groups is 3. The molecule has 1 fully saturated rings. The predicted octanol–water partition coefficient (Wildman–Crippen LogP) is 2.46. The number of anilines is 2. The molecule has 28 heavy (non-hydrogen) atoms. The summed E-state index contributed by atoms with van der Waals surface area (Å²) in [5, 5.41) is 2.05. The summed E-state index contributed by atoms with van der Waals surface area (Å²) >= 11 is 5.95. The Hall–Kier alpha value is -3.32. The van der Waals surface area contributed by atoms with E-state index in [0.717, 1.165) is 4.90 Å². The van der Waals surface area contributed by atoms with Crippen LogP contribution in [0.25, 0.3) is 0 Å². The number of nitrogens with one attached hydrogen (secondary N) is 1. The van der Waals surface area contributed by atoms with Gasteiger partial charge in [-0.25, -0.2) is 4.90 Å². The van der Waals surface area contributed by atoms with Gasteiger partial charge in [-0.2, -0.15) is 0 Å². The monoisotopic (exact) mass is 397 g/mol. The van der Waals surface area contributed by atoms with Crippen LogP contribution in [0.15, 0.2) is 59.8 Å². The standard InChI is InChI=1S/C20H16ClN3O4/c1-11(25)17-16-18(24(22-17)13-9-7-12(21)8-10-13)20(27)23(19(16)26)14-5-3-4-6-15(14)28-2/h3-10,18,22H,1-2H3. The minimum Gasteiger partial charge on any atom is -0.495 e. The van der Waals surface area contributed by atoms with Crippen LogP contribution in [0.2, 0.25) is 5.02 Å². The van der Waals surface area contributed by atoms with Crippen LogP contribution in [0.4, 0.5) is 11.4 Å². The maximum atomic E-state index is 13.3. The van der Waals surface area contributed by atoms with E-state index in [9.17, 15) is 14.4 Å². The van der Waals surface area contributed by atoms with Crippen molar-refractivity contribution in [2.24, 2.45) is 0 Å². The van der Waals surface area contributed by atoms with Gasteiger partial charge in [0.15, 0.2) is 11.8 Å². The topological polar surface area (TPSA) is 79.0 Å². The van der Waals surface area contributed by atoms with E-state index in [1.54, 1.807) is 48.5 Å². The lowest BCUT2D eigenvalue weighted by Gasteiger charge is -2.26. The Kier molecular flexibility index (Phi) is 4.31. The van der Waals surface area contributed by atoms with E-state index in [1.807, 2.05) is 0 Å². The number of amides is 2. The molecule has 1 unspecified atom stereocenters. The van der Waals surface area contributed by atoms with E-state index in [0.29, 0.717) is 22.1 Å². The number of hydrogen-bond donors (Lipinski definition) is 1. The Labute approximate surface area is 166 Å². The summed E-state index contributed by atoms with van der Waals surface area (Å²) in [6.07, 6.45) is 0. The van der Waals surface area contributed by atoms with Gasteiger partial charge in [-0.1, -0.05) is 23.7 Å². The molecule has 1 saturated heterocycles. The van der Waals surface area contributed by atoms with Gasteiger partial charge in [0.25, 0.3) is 11.8 Å². The van der Waals surface area contributed by atoms with Gasteiger partial charge in [-0.3, -0.25) is 24.8 Å². The van der Waals surface area contributed by atoms with Crippen molar-refractivity contribution in [3.05, 3.63) is 64.8 Å². The normalized spacial score (nSPS) is 18.5. The summed E-state index contributed by atoms with van der Waals surface area (Å²) in [5.74, 6) is -0.962. The van der Waals surface area contributed by atoms with Crippen molar-refractivity contribution in [1.29, 1.82) is 0 Å². The molecule has 2 aliphatic heterocycles. The van der Waals surface area contributed by atoms with Crippen molar-refractivity contribution >= 4 is 40.6 Å². The van der Waals surface area contributed by atoms with E-state index < -0.39 is 17.9 Å². The molecule has 1 N–H and O–H groups in total. The van der Waals surface area contributed by atoms with Crippen LogP contribution in [0.1, 0.15) is 6.92 Å². The summed E-state index contributed by atoms with van der Waals surface area (Å²) in [4.78, 5) is 39.7. The first-order valence-corrected chi connectivity index (χ1v) is 8.89. The highest BCUT2D eigenvalue weighted by Crippen LogP contribution is 2.39. The quantitative estimate of drug-likeness (QED) is 0.798. The van der Waals surface area contributed by atoms with E-state index in [-0.39, 0.29) is 17.1 Å². The van der Waals surface area contributed by atoms with Crippen molar-refractivity contribution in [3.8, 4) is 5.75 Å². The molecule has 7 nitrogen and oxygen atoms in total. The van der Waals surface area contributed by atoms with Gasteiger partial charge in [0.05, 0.1) is 24.1 Å². The Balaban J connectivity index is 1.83. The van der Waals surface area contributed by atoms with Crippen LogP contribution in [-0.2, 0) is 14.4 Å². The average Bonchev–Trinajstić information content (AvgIpc) is 3.20. The highest BCUT2D eigenvalue weighted by molar-refractivity contribution is 6.34. The Bertz CT molecular complexity index is 1030.